The van der Waals surface area contributed by atoms with Crippen LogP contribution in [-0.4, -0.2) is 16.1 Å². The van der Waals surface area contributed by atoms with Gasteiger partial charge >= 0.3 is 0 Å². The topological polar surface area (TPSA) is 152 Å². The Kier molecular flexibility index (Phi) is 3.32. The Bertz CT molecular complexity index is 539. The summed E-state index contributed by atoms with van der Waals surface area (Å²) < 4.78 is 0. The van der Waals surface area contributed by atoms with Crippen LogP contribution in [0.5, 0.6) is 0 Å². The second-order valence-electron chi connectivity index (χ2n) is 2.72. The molecule has 0 saturated carbocycles. The van der Waals surface area contributed by atoms with E-state index in [1.165, 1.54) is 0 Å². The van der Waals surface area contributed by atoms with Crippen molar-refractivity contribution < 1.29 is 14.6 Å². The van der Waals surface area contributed by atoms with Crippen molar-refractivity contribution in [2.45, 2.75) is 0 Å². The van der Waals surface area contributed by atoms with Crippen LogP contribution in [-0.2, 0) is 0 Å². The zero-order valence-electron chi connectivity index (χ0n) is 8.01. The normalized spacial score (nSPS) is 9.18. The highest BCUT2D eigenvalue weighted by Crippen LogP contribution is 2.32. The third-order valence-corrected chi connectivity index (χ3v) is 1.80. The molecule has 0 aromatic heterocycles. The first-order valence-corrected chi connectivity index (χ1v) is 3.98. The van der Waals surface area contributed by atoms with Gasteiger partial charge in [-0.1, -0.05) is 5.11 Å². The summed E-state index contributed by atoms with van der Waals surface area (Å²) in [5.74, 6) is 0. The Labute approximate surface area is 92.4 Å². The van der Waals surface area contributed by atoms with Crippen molar-refractivity contribution in [3.63, 3.8) is 0 Å². The van der Waals surface area contributed by atoms with E-state index in [1.54, 1.807) is 0 Å². The molecule has 0 heterocycles. The lowest BCUT2D eigenvalue weighted by atomic mass is 10.1. The van der Waals surface area contributed by atoms with Crippen molar-refractivity contribution in [3.8, 4) is 0 Å². The highest BCUT2D eigenvalue weighted by atomic mass is 16.6. The maximum atomic E-state index is 10.7. The molecular weight excluding hydrogens is 234 g/mol. The molecule has 0 bridgehead atoms. The van der Waals surface area contributed by atoms with Gasteiger partial charge in [0.2, 0.25) is 0 Å². The maximum Gasteiger partial charge on any atom is 0.287 e. The average Bonchev–Trinajstić information content (AvgIpc) is 2.28. The largest absolute Gasteiger partial charge is 0.298 e. The molecule has 10 nitrogen and oxygen atoms in total. The van der Waals surface area contributed by atoms with Gasteiger partial charge in [-0.25, -0.2) is 0 Å². The first-order chi connectivity index (χ1) is 8.01. The van der Waals surface area contributed by atoms with Crippen molar-refractivity contribution in [2.24, 2.45) is 5.11 Å². The molecule has 0 aliphatic heterocycles. The monoisotopic (exact) mass is 237 g/mol. The number of nitro benzene ring substituents is 2. The van der Waals surface area contributed by atoms with E-state index in [2.05, 4.69) is 10.0 Å². The van der Waals surface area contributed by atoms with Crippen LogP contribution in [0, 0.1) is 20.2 Å². The fraction of sp³-hybridized carbons (Fsp3) is 0. The zero-order valence-corrected chi connectivity index (χ0v) is 8.01. The highest BCUT2D eigenvalue weighted by molar-refractivity contribution is 5.90. The maximum absolute atomic E-state index is 10.7. The molecule has 1 rings (SSSR count). The minimum Gasteiger partial charge on any atom is -0.298 e. The number of rotatable bonds is 4. The van der Waals surface area contributed by atoms with E-state index in [0.29, 0.717) is 6.07 Å². The lowest BCUT2D eigenvalue weighted by Crippen LogP contribution is -1.97. The SMILES string of the molecule is [N-]=[N+]=Nc1cc([N+](=O)[O-])cc([N+](=O)[O-])c1C=O. The fourth-order valence-electron chi connectivity index (χ4n) is 1.12. The van der Waals surface area contributed by atoms with Gasteiger partial charge in [0.15, 0.2) is 6.29 Å². The minimum absolute atomic E-state index is 0.103. The Balaban J connectivity index is 3.68. The smallest absolute Gasteiger partial charge is 0.287 e. The van der Waals surface area contributed by atoms with Crippen LogP contribution in [0.25, 0.3) is 10.4 Å². The van der Waals surface area contributed by atoms with Crippen molar-refractivity contribution in [2.75, 3.05) is 0 Å². The Morgan fingerprint density at radius 2 is 1.94 bits per heavy atom. The molecule has 0 atom stereocenters. The molecule has 86 valence electrons. The van der Waals surface area contributed by atoms with E-state index in [9.17, 15) is 25.0 Å². The molecule has 17 heavy (non-hydrogen) atoms. The summed E-state index contributed by atoms with van der Waals surface area (Å²) in [4.78, 5) is 32.2. The highest BCUT2D eigenvalue weighted by Gasteiger charge is 2.23. The van der Waals surface area contributed by atoms with E-state index >= 15 is 0 Å². The third kappa shape index (κ3) is 2.33. The van der Waals surface area contributed by atoms with Crippen molar-refractivity contribution in [1.29, 1.82) is 0 Å². The lowest BCUT2D eigenvalue weighted by molar-refractivity contribution is -0.394. The third-order valence-electron chi connectivity index (χ3n) is 1.80. The first kappa shape index (κ1) is 12.1. The van der Waals surface area contributed by atoms with Crippen LogP contribution in [0.4, 0.5) is 17.1 Å². The number of nitrogens with zero attached hydrogens (tertiary/aromatic N) is 5. The number of benzene rings is 1. The fourth-order valence-corrected chi connectivity index (χ4v) is 1.12. The second-order valence-corrected chi connectivity index (χ2v) is 2.72. The van der Waals surface area contributed by atoms with E-state index in [-0.39, 0.29) is 6.29 Å². The molecule has 0 unspecified atom stereocenters. The molecule has 0 amide bonds. The summed E-state index contributed by atoms with van der Waals surface area (Å²) in [6, 6.07) is 1.41. The van der Waals surface area contributed by atoms with E-state index in [1.807, 2.05) is 0 Å². The van der Waals surface area contributed by atoms with Gasteiger partial charge in [-0.3, -0.25) is 25.0 Å². The summed E-state index contributed by atoms with van der Waals surface area (Å²) in [5, 5.41) is 24.1. The number of non-ortho nitro benzene ring substituents is 1. The van der Waals surface area contributed by atoms with E-state index in [0.717, 1.165) is 6.07 Å². The minimum atomic E-state index is -0.965. The molecular formula is C7H3N5O5. The van der Waals surface area contributed by atoms with Gasteiger partial charge in [0, 0.05) is 11.0 Å². The van der Waals surface area contributed by atoms with Gasteiger partial charge in [-0.05, 0) is 5.53 Å². The van der Waals surface area contributed by atoms with E-state index in [4.69, 9.17) is 5.53 Å². The Hall–Kier alpha value is -3.00. The van der Waals surface area contributed by atoms with Gasteiger partial charge in [0.05, 0.1) is 21.6 Å². The lowest BCUT2D eigenvalue weighted by Gasteiger charge is -1.99. The summed E-state index contributed by atoms with van der Waals surface area (Å²) in [5.41, 5.74) is 5.83. The average molecular weight is 237 g/mol. The molecule has 10 heteroatoms. The van der Waals surface area contributed by atoms with Crippen LogP contribution >= 0.6 is 0 Å². The molecule has 0 saturated heterocycles. The van der Waals surface area contributed by atoms with Gasteiger partial charge < -0.3 is 0 Å². The molecule has 0 radical (unpaired) electrons. The predicted molar refractivity (Wildman–Crippen MR) is 53.9 cm³/mol. The van der Waals surface area contributed by atoms with Crippen LogP contribution in [0.1, 0.15) is 10.4 Å². The number of hydrogen-bond acceptors (Lipinski definition) is 6. The van der Waals surface area contributed by atoms with Gasteiger partial charge in [-0.2, -0.15) is 0 Å². The van der Waals surface area contributed by atoms with Gasteiger partial charge in [0.25, 0.3) is 11.4 Å². The zero-order chi connectivity index (χ0) is 13.0. The predicted octanol–water partition coefficient (Wildman–Crippen LogP) is 2.26. The van der Waals surface area contributed by atoms with Crippen LogP contribution < -0.4 is 0 Å². The van der Waals surface area contributed by atoms with E-state index < -0.39 is 32.5 Å². The number of nitro groups is 2. The molecule has 0 fully saturated rings. The van der Waals surface area contributed by atoms with Gasteiger partial charge in [0.1, 0.15) is 5.56 Å². The van der Waals surface area contributed by atoms with Crippen LogP contribution in [0.15, 0.2) is 17.2 Å². The molecule has 1 aromatic carbocycles. The van der Waals surface area contributed by atoms with Crippen LogP contribution in [0.3, 0.4) is 0 Å². The Morgan fingerprint density at radius 3 is 2.35 bits per heavy atom. The second kappa shape index (κ2) is 4.68. The van der Waals surface area contributed by atoms with Crippen molar-refractivity contribution in [1.82, 2.24) is 0 Å². The summed E-state index contributed by atoms with van der Waals surface area (Å²) in [6.45, 7) is 0. The standard InChI is InChI=1S/C7H3N5O5/c8-10-9-6-1-4(11(14)15)2-7(12(16)17)5(6)3-13/h1-3H. The summed E-state index contributed by atoms with van der Waals surface area (Å²) in [7, 11) is 0. The number of hydrogen-bond donors (Lipinski definition) is 0. The molecule has 0 N–H and O–H groups in total. The molecule has 0 aliphatic carbocycles. The number of azide groups is 1. The van der Waals surface area contributed by atoms with Crippen LogP contribution in [0.2, 0.25) is 0 Å². The van der Waals surface area contributed by atoms with Crippen molar-refractivity contribution >= 4 is 23.3 Å². The number of carbonyl (C=O) groups excluding carboxylic acids is 1. The molecule has 1 aromatic rings. The molecule has 0 spiro atoms. The number of carbonyl (C=O) groups is 1. The number of aldehydes is 1. The first-order valence-electron chi connectivity index (χ1n) is 3.98. The Morgan fingerprint density at radius 1 is 1.29 bits per heavy atom. The molecule has 0 aliphatic rings. The van der Waals surface area contributed by atoms with Crippen molar-refractivity contribution in [3.05, 3.63) is 48.4 Å². The summed E-state index contributed by atoms with van der Waals surface area (Å²) >= 11 is 0. The summed E-state index contributed by atoms with van der Waals surface area (Å²) in [6.07, 6.45) is 0.103. The quantitative estimate of drug-likeness (QED) is 0.196. The van der Waals surface area contributed by atoms with Gasteiger partial charge in [-0.15, -0.1) is 0 Å².